The molecule has 566 valence electrons. The lowest BCUT2D eigenvalue weighted by Crippen LogP contribution is -2.18. The van der Waals surface area contributed by atoms with Gasteiger partial charge >= 0.3 is 0 Å². The summed E-state index contributed by atoms with van der Waals surface area (Å²) in [4.78, 5) is 51.5. The van der Waals surface area contributed by atoms with Gasteiger partial charge in [0.25, 0.3) is 0 Å². The Labute approximate surface area is 669 Å². The maximum atomic E-state index is 14.6. The Morgan fingerprint density at radius 1 is 0.412 bits per heavy atom. The largest absolute Gasteiger partial charge is 0.493 e. The van der Waals surface area contributed by atoms with E-state index in [0.717, 1.165) is 83.4 Å². The molecule has 0 fully saturated rings. The molecule has 8 aromatic carbocycles. The van der Waals surface area contributed by atoms with E-state index < -0.39 is 5.82 Å². The summed E-state index contributed by atoms with van der Waals surface area (Å²) < 4.78 is 75.5. The van der Waals surface area contributed by atoms with Gasteiger partial charge in [-0.2, -0.15) is 0 Å². The van der Waals surface area contributed by atoms with Crippen molar-refractivity contribution < 1.29 is 36.6 Å². The smallest absolute Gasteiger partial charge is 0.250 e. The molecule has 114 heavy (non-hydrogen) atoms. The number of carbonyl (C=O) groups is 1. The maximum Gasteiger partial charge on any atom is 0.250 e. The predicted octanol–water partition coefficient (Wildman–Crippen LogP) is 22.2. The number of benzene rings is 8. The molecule has 19 nitrogen and oxygen atoms in total. The highest BCUT2D eigenvalue weighted by Crippen LogP contribution is 2.40. The summed E-state index contributed by atoms with van der Waals surface area (Å²) in [5, 5.41) is 18.1. The van der Waals surface area contributed by atoms with E-state index in [4.69, 9.17) is 71.3 Å². The highest BCUT2D eigenvalue weighted by Gasteiger charge is 2.21. The number of hydrogen-bond donors (Lipinski definition) is 5. The number of aromatic nitrogens is 10. The minimum Gasteiger partial charge on any atom is -0.493 e. The third-order valence-electron chi connectivity index (χ3n) is 17.7. The van der Waals surface area contributed by atoms with Crippen LogP contribution >= 0.6 is 46.4 Å². The number of carbonyl (C=O) groups excluding carboxylic acids is 1. The summed E-state index contributed by atoms with van der Waals surface area (Å²) in [5.74, 6) is -0.136. The molecule has 0 spiro atoms. The van der Waals surface area contributed by atoms with Gasteiger partial charge in [0.1, 0.15) is 53.6 Å². The van der Waals surface area contributed by atoms with Crippen LogP contribution in [0.4, 0.5) is 63.2 Å². The van der Waals surface area contributed by atoms with E-state index in [0.29, 0.717) is 106 Å². The molecule has 27 heteroatoms. The number of amides is 1. The molecule has 0 atom stereocenters. The average molecular weight is 1600 g/mol. The van der Waals surface area contributed by atoms with Gasteiger partial charge in [0, 0.05) is 115 Å². The van der Waals surface area contributed by atoms with Crippen LogP contribution in [0.1, 0.15) is 5.82 Å². The summed E-state index contributed by atoms with van der Waals surface area (Å²) in [7, 11) is 4.65. The Morgan fingerprint density at radius 2 is 0.842 bits per heavy atom. The van der Waals surface area contributed by atoms with Gasteiger partial charge in [0.2, 0.25) is 5.91 Å². The van der Waals surface area contributed by atoms with E-state index in [1.54, 1.807) is 106 Å². The molecule has 1 amide bonds. The van der Waals surface area contributed by atoms with Crippen molar-refractivity contribution in [3.8, 4) is 56.5 Å². The van der Waals surface area contributed by atoms with Crippen LogP contribution in [0.5, 0.6) is 5.75 Å². The number of imidazole rings is 1. The molecule has 0 saturated heterocycles. The Hall–Kier alpha value is -13.3. The molecule has 0 aliphatic carbocycles. The lowest BCUT2D eigenvalue weighted by atomic mass is 10.1. The monoisotopic (exact) mass is 1600 g/mol. The quantitative estimate of drug-likeness (QED) is 0.0533. The summed E-state index contributed by atoms with van der Waals surface area (Å²) in [5.41, 5.74) is 19.2. The maximum absolute atomic E-state index is 14.6. The van der Waals surface area contributed by atoms with Crippen molar-refractivity contribution in [1.82, 2.24) is 49.4 Å². The predicted molar refractivity (Wildman–Crippen MR) is 446 cm³/mol. The molecule has 17 aromatic rings. The van der Waals surface area contributed by atoms with Crippen molar-refractivity contribution in [3.63, 3.8) is 0 Å². The van der Waals surface area contributed by atoms with Crippen molar-refractivity contribution in [3.05, 3.63) is 317 Å². The number of pyridine rings is 8. The fraction of sp³-hybridized carbons (Fsp3) is 0.0575. The van der Waals surface area contributed by atoms with Crippen LogP contribution < -0.4 is 31.7 Å². The van der Waals surface area contributed by atoms with Crippen LogP contribution in [0.25, 0.3) is 105 Å². The number of fused-ring (bicyclic) bond motifs is 5. The van der Waals surface area contributed by atoms with Gasteiger partial charge in [0.15, 0.2) is 5.75 Å². The zero-order chi connectivity index (χ0) is 79.4. The number of nitrogens with one attached hydrogen (secondary N) is 4. The van der Waals surface area contributed by atoms with Crippen LogP contribution in [0.2, 0.25) is 20.1 Å². The third-order valence-corrected chi connectivity index (χ3v) is 18.6. The van der Waals surface area contributed by atoms with Crippen LogP contribution in [-0.4, -0.2) is 83.3 Å². The lowest BCUT2D eigenvalue weighted by Gasteiger charge is -2.15. The summed E-state index contributed by atoms with van der Waals surface area (Å²) in [6.07, 6.45) is 11.5. The first-order valence-electron chi connectivity index (χ1n) is 34.9. The van der Waals surface area contributed by atoms with Crippen LogP contribution in [0.3, 0.4) is 0 Å². The van der Waals surface area contributed by atoms with Crippen LogP contribution in [-0.2, 0) is 20.9 Å². The lowest BCUT2D eigenvalue weighted by molar-refractivity contribution is -0.119. The third kappa shape index (κ3) is 17.9. The second kappa shape index (κ2) is 35.4. The number of rotatable bonds is 17. The molecular weight excluding hydrogens is 1540 g/mol. The van der Waals surface area contributed by atoms with E-state index in [1.807, 2.05) is 126 Å². The number of nitrogens with two attached hydrogens (primary N) is 1. The number of hydrogen-bond acceptors (Lipinski definition) is 17. The number of nitrogens with zero attached hydrogens (tertiary/aromatic N) is 10. The molecule has 0 aliphatic heterocycles. The Morgan fingerprint density at radius 3 is 1.32 bits per heavy atom. The van der Waals surface area contributed by atoms with Crippen molar-refractivity contribution in [1.29, 1.82) is 0 Å². The van der Waals surface area contributed by atoms with Gasteiger partial charge in [-0.05, 0) is 146 Å². The molecule has 0 saturated carbocycles. The van der Waals surface area contributed by atoms with Gasteiger partial charge in [0.05, 0.1) is 116 Å². The van der Waals surface area contributed by atoms with E-state index in [2.05, 4.69) is 61.1 Å². The molecule has 0 aliphatic rings. The molecule has 0 radical (unpaired) electrons. The summed E-state index contributed by atoms with van der Waals surface area (Å²) in [6.45, 7) is 0.233. The summed E-state index contributed by atoms with van der Waals surface area (Å²) >= 11 is 24.3. The minimum absolute atomic E-state index is 0.0787. The molecule has 9 heterocycles. The number of anilines is 8. The molecule has 6 N–H and O–H groups in total. The van der Waals surface area contributed by atoms with Crippen molar-refractivity contribution in [2.75, 3.05) is 54.9 Å². The fourth-order valence-corrected chi connectivity index (χ4v) is 13.2. The zero-order valence-electron chi connectivity index (χ0n) is 60.5. The SMILES string of the molecule is COCC(=O)Nc1cnccc1Nc1cc(-c2cc(Cl)ccc2F)nc2ccccc12.COCc1nc2cnccc2n1-c1cc(-c2cc(Cl)ccc2F)nc2ccccc12.COc1cnccc1Nc1cc(-c2cc(Cl)ccc2F)nc2ccccc12.Nc1cc(Nc2cc(-c3cc(Cl)ccc3F)nc3ccccc23)ccn1. The Bertz CT molecular complexity index is 6450. The topological polar surface area (TPSA) is 240 Å². The van der Waals surface area contributed by atoms with Crippen molar-refractivity contribution >= 4 is 153 Å². The first-order valence-corrected chi connectivity index (χ1v) is 36.4. The van der Waals surface area contributed by atoms with E-state index >= 15 is 0 Å². The Kier molecular flexibility index (Phi) is 24.1. The van der Waals surface area contributed by atoms with Gasteiger partial charge in [-0.25, -0.2) is 47.5 Å². The molecule has 9 aromatic heterocycles. The number of nitrogen functional groups attached to an aromatic ring is 1. The van der Waals surface area contributed by atoms with E-state index in [9.17, 15) is 22.4 Å². The first-order chi connectivity index (χ1) is 55.4. The van der Waals surface area contributed by atoms with E-state index in [1.165, 1.54) is 61.8 Å². The van der Waals surface area contributed by atoms with Crippen LogP contribution in [0, 0.1) is 23.3 Å². The van der Waals surface area contributed by atoms with Crippen molar-refractivity contribution in [2.24, 2.45) is 0 Å². The number of methoxy groups -OCH3 is 3. The first kappa shape index (κ1) is 77.5. The Balaban J connectivity index is 0.000000126. The van der Waals surface area contributed by atoms with Gasteiger partial charge < -0.3 is 41.2 Å². The van der Waals surface area contributed by atoms with E-state index in [-0.39, 0.29) is 30.0 Å². The van der Waals surface area contributed by atoms with Gasteiger partial charge in [-0.3, -0.25) is 24.3 Å². The second-order valence-electron chi connectivity index (χ2n) is 25.2. The molecule has 0 bridgehead atoms. The average Bonchev–Trinajstić information content (AvgIpc) is 1.54. The minimum atomic E-state index is -0.422. The van der Waals surface area contributed by atoms with Crippen LogP contribution in [0.15, 0.2) is 268 Å². The molecule has 0 unspecified atom stereocenters. The standard InChI is InChI=1S/C23H18ClFN4O2.C23H16ClFN4O.C21H15ClFN3O.C20H14ClFN4/c1-31-13-23(30)29-22-12-26-9-8-19(22)28-20-11-21(16-10-14(24)6-7-17(16)25)27-18-5-3-2-4-15(18)20;1-30-13-23-28-20-12-26-9-8-21(20)29(23)22-11-19(16-10-14(24)6-7-17(16)25)27-18-5-3-2-4-15(18)22;1-27-21-12-24-9-8-18(21)26-19-11-20(15-10-13(22)6-7-16(15)23)25-17-5-3-2-4-14(17)19;21-12-5-6-16(22)15(9-12)19-11-18(14-3-1-2-4-17(14)26-19)25-13-7-8-24-20(23)10-13/h2-12H,13H2,1H3,(H,29,30)(H,26,27,28);2-12H,13H2,1H3;2-12H,1H3,(H,24,25,26);1-11H,(H3,23,24,25,26). The molecular formula is C87H63Cl4F4N15O4. The fourth-order valence-electron chi connectivity index (χ4n) is 12.5. The second-order valence-corrected chi connectivity index (χ2v) is 27.0. The normalized spacial score (nSPS) is 11.0. The molecule has 17 rings (SSSR count). The number of para-hydroxylation sites is 4. The van der Waals surface area contributed by atoms with Gasteiger partial charge in [-0.1, -0.05) is 119 Å². The highest BCUT2D eigenvalue weighted by atomic mass is 35.5. The summed E-state index contributed by atoms with van der Waals surface area (Å²) in [6, 6.07) is 64.4. The highest BCUT2D eigenvalue weighted by molar-refractivity contribution is 6.32. The van der Waals surface area contributed by atoms with Crippen molar-refractivity contribution in [2.45, 2.75) is 6.61 Å². The number of ether oxygens (including phenoxy) is 3. The zero-order valence-corrected chi connectivity index (χ0v) is 63.5. The number of halogens is 8. The van der Waals surface area contributed by atoms with Gasteiger partial charge in [-0.15, -0.1) is 0 Å².